The van der Waals surface area contributed by atoms with Gasteiger partial charge >= 0.3 is 0 Å². The van der Waals surface area contributed by atoms with Crippen LogP contribution in [0.1, 0.15) is 12.8 Å². The largest absolute Gasteiger partial charge is 0.369 e. The van der Waals surface area contributed by atoms with Crippen molar-refractivity contribution < 1.29 is 0 Å². The third-order valence-corrected chi connectivity index (χ3v) is 3.21. The molecule has 1 aromatic rings. The van der Waals surface area contributed by atoms with Gasteiger partial charge in [-0.2, -0.15) is 15.6 Å². The average molecular weight is 274 g/mol. The fraction of sp³-hybridized carbons (Fsp3) is 0.308. The highest BCUT2D eigenvalue weighted by atomic mass is 35.5. The Kier molecular flexibility index (Phi) is 4.22. The number of nitriles is 2. The standard InChI is InChI=1S/C13H12ClN5/c14-11-4-3-5-12(18-17-10(8-15)9-16)13(11)19-6-1-2-7-19/h3-5,18H,1-2,6-7H2. The van der Waals surface area contributed by atoms with Crippen molar-refractivity contribution in [2.24, 2.45) is 5.10 Å². The molecule has 0 saturated carbocycles. The van der Waals surface area contributed by atoms with Crippen molar-refractivity contribution in [1.29, 1.82) is 10.5 Å². The van der Waals surface area contributed by atoms with Gasteiger partial charge in [-0.3, -0.25) is 5.43 Å². The molecule has 2 rings (SSSR count). The van der Waals surface area contributed by atoms with Gasteiger partial charge in [-0.1, -0.05) is 17.7 Å². The van der Waals surface area contributed by atoms with Crippen LogP contribution in [0, 0.1) is 22.7 Å². The average Bonchev–Trinajstić information content (AvgIpc) is 2.93. The number of para-hydroxylation sites is 1. The maximum absolute atomic E-state index is 8.66. The summed E-state index contributed by atoms with van der Waals surface area (Å²) in [5, 5.41) is 21.7. The summed E-state index contributed by atoms with van der Waals surface area (Å²) >= 11 is 6.23. The van der Waals surface area contributed by atoms with E-state index in [0.29, 0.717) is 10.7 Å². The second kappa shape index (κ2) is 6.08. The fourth-order valence-electron chi connectivity index (χ4n) is 2.06. The number of hydrogen-bond acceptors (Lipinski definition) is 5. The molecule has 1 aliphatic rings. The highest BCUT2D eigenvalue weighted by Crippen LogP contribution is 2.35. The predicted octanol–water partition coefficient (Wildman–Crippen LogP) is 2.76. The van der Waals surface area contributed by atoms with Gasteiger partial charge in [0.2, 0.25) is 5.71 Å². The maximum Gasteiger partial charge on any atom is 0.237 e. The fourth-order valence-corrected chi connectivity index (χ4v) is 2.35. The highest BCUT2D eigenvalue weighted by molar-refractivity contribution is 6.34. The molecule has 96 valence electrons. The molecular weight excluding hydrogens is 262 g/mol. The van der Waals surface area contributed by atoms with Gasteiger partial charge in [-0.05, 0) is 25.0 Å². The zero-order valence-electron chi connectivity index (χ0n) is 10.2. The third kappa shape index (κ3) is 2.96. The molecule has 1 saturated heterocycles. The van der Waals surface area contributed by atoms with Crippen molar-refractivity contribution in [1.82, 2.24) is 0 Å². The van der Waals surface area contributed by atoms with Crippen molar-refractivity contribution in [3.05, 3.63) is 23.2 Å². The van der Waals surface area contributed by atoms with Crippen LogP contribution in [0.5, 0.6) is 0 Å². The van der Waals surface area contributed by atoms with E-state index in [4.69, 9.17) is 22.1 Å². The molecule has 0 spiro atoms. The first-order valence-electron chi connectivity index (χ1n) is 5.93. The van der Waals surface area contributed by atoms with Crippen molar-refractivity contribution in [2.45, 2.75) is 12.8 Å². The molecule has 6 heteroatoms. The summed E-state index contributed by atoms with van der Waals surface area (Å²) in [6.07, 6.45) is 2.27. The minimum atomic E-state index is -0.215. The molecule has 1 heterocycles. The molecule has 19 heavy (non-hydrogen) atoms. The van der Waals surface area contributed by atoms with Crippen LogP contribution in [0.15, 0.2) is 23.3 Å². The second-order valence-corrected chi connectivity index (χ2v) is 4.53. The number of rotatable bonds is 3. The third-order valence-electron chi connectivity index (χ3n) is 2.91. The lowest BCUT2D eigenvalue weighted by Crippen LogP contribution is -2.19. The molecule has 1 fully saturated rings. The van der Waals surface area contributed by atoms with E-state index in [-0.39, 0.29) is 5.71 Å². The van der Waals surface area contributed by atoms with Crippen LogP contribution in [-0.2, 0) is 0 Å². The van der Waals surface area contributed by atoms with E-state index >= 15 is 0 Å². The summed E-state index contributed by atoms with van der Waals surface area (Å²) in [5.74, 6) is 0. The van der Waals surface area contributed by atoms with Gasteiger partial charge in [-0.15, -0.1) is 0 Å². The Balaban J connectivity index is 2.30. The lowest BCUT2D eigenvalue weighted by Gasteiger charge is -2.22. The molecule has 5 nitrogen and oxygen atoms in total. The molecule has 0 aliphatic carbocycles. The zero-order valence-corrected chi connectivity index (χ0v) is 11.0. The first-order valence-corrected chi connectivity index (χ1v) is 6.31. The molecule has 0 radical (unpaired) electrons. The summed E-state index contributed by atoms with van der Waals surface area (Å²) in [5.41, 5.74) is 4.12. The Labute approximate surface area is 116 Å². The number of halogens is 1. The van der Waals surface area contributed by atoms with Crippen molar-refractivity contribution in [2.75, 3.05) is 23.4 Å². The summed E-state index contributed by atoms with van der Waals surface area (Å²) in [6, 6.07) is 8.86. The lowest BCUT2D eigenvalue weighted by molar-refractivity contribution is 0.949. The Hall–Kier alpha value is -2.24. The van der Waals surface area contributed by atoms with Crippen molar-refractivity contribution in [3.8, 4) is 12.1 Å². The number of hydrazone groups is 1. The smallest absolute Gasteiger partial charge is 0.237 e. The van der Waals surface area contributed by atoms with Crippen LogP contribution < -0.4 is 10.3 Å². The van der Waals surface area contributed by atoms with Crippen LogP contribution in [0.2, 0.25) is 5.02 Å². The van der Waals surface area contributed by atoms with Crippen molar-refractivity contribution >= 4 is 28.7 Å². The Morgan fingerprint density at radius 2 is 1.95 bits per heavy atom. The van der Waals surface area contributed by atoms with Crippen LogP contribution in [0.25, 0.3) is 0 Å². The van der Waals surface area contributed by atoms with Gasteiger partial charge in [0, 0.05) is 13.1 Å². The minimum Gasteiger partial charge on any atom is -0.369 e. The van der Waals surface area contributed by atoms with E-state index in [9.17, 15) is 0 Å². The molecule has 0 amide bonds. The predicted molar refractivity (Wildman–Crippen MR) is 75.2 cm³/mol. The number of hydrogen-bond donors (Lipinski definition) is 1. The van der Waals surface area contributed by atoms with E-state index < -0.39 is 0 Å². The van der Waals surface area contributed by atoms with E-state index in [2.05, 4.69) is 15.4 Å². The summed E-state index contributed by atoms with van der Waals surface area (Å²) in [7, 11) is 0. The Bertz CT molecular complexity index is 560. The van der Waals surface area contributed by atoms with E-state index in [1.54, 1.807) is 18.2 Å². The highest BCUT2D eigenvalue weighted by Gasteiger charge is 2.18. The quantitative estimate of drug-likeness (QED) is 0.679. The number of nitrogens with one attached hydrogen (secondary N) is 1. The van der Waals surface area contributed by atoms with E-state index in [1.807, 2.05) is 12.1 Å². The molecule has 1 aromatic carbocycles. The summed E-state index contributed by atoms with van der Waals surface area (Å²) in [6.45, 7) is 1.90. The van der Waals surface area contributed by atoms with Crippen LogP contribution in [0.4, 0.5) is 11.4 Å². The van der Waals surface area contributed by atoms with Crippen molar-refractivity contribution in [3.63, 3.8) is 0 Å². The van der Waals surface area contributed by atoms with Gasteiger partial charge < -0.3 is 4.90 Å². The number of anilines is 2. The van der Waals surface area contributed by atoms with Gasteiger partial charge in [0.1, 0.15) is 12.1 Å². The molecule has 0 unspecified atom stereocenters. The van der Waals surface area contributed by atoms with Gasteiger partial charge in [0.25, 0.3) is 0 Å². The molecule has 0 bridgehead atoms. The van der Waals surface area contributed by atoms with Crippen LogP contribution in [-0.4, -0.2) is 18.8 Å². The number of benzene rings is 1. The first kappa shape index (κ1) is 13.2. The Morgan fingerprint density at radius 1 is 1.26 bits per heavy atom. The molecular formula is C13H12ClN5. The summed E-state index contributed by atoms with van der Waals surface area (Å²) < 4.78 is 0. The topological polar surface area (TPSA) is 75.2 Å². The molecule has 0 atom stereocenters. The monoisotopic (exact) mass is 273 g/mol. The summed E-state index contributed by atoms with van der Waals surface area (Å²) in [4.78, 5) is 2.18. The zero-order chi connectivity index (χ0) is 13.7. The Morgan fingerprint density at radius 3 is 2.58 bits per heavy atom. The maximum atomic E-state index is 8.66. The normalized spacial score (nSPS) is 13.5. The van der Waals surface area contributed by atoms with Crippen LogP contribution >= 0.6 is 11.6 Å². The van der Waals surface area contributed by atoms with Gasteiger partial charge in [0.05, 0.1) is 16.4 Å². The van der Waals surface area contributed by atoms with Crippen LogP contribution in [0.3, 0.4) is 0 Å². The minimum absolute atomic E-state index is 0.215. The lowest BCUT2D eigenvalue weighted by atomic mass is 10.2. The SMILES string of the molecule is N#CC(C#N)=NNc1cccc(Cl)c1N1CCCC1. The molecule has 1 N–H and O–H groups in total. The molecule has 0 aromatic heterocycles. The number of nitrogens with zero attached hydrogens (tertiary/aromatic N) is 4. The van der Waals surface area contributed by atoms with E-state index in [0.717, 1.165) is 31.6 Å². The van der Waals surface area contributed by atoms with E-state index in [1.165, 1.54) is 0 Å². The van der Waals surface area contributed by atoms with Gasteiger partial charge in [0.15, 0.2) is 0 Å². The van der Waals surface area contributed by atoms with Gasteiger partial charge in [-0.25, -0.2) is 0 Å². The molecule has 1 aliphatic heterocycles. The first-order chi connectivity index (χ1) is 9.26. The second-order valence-electron chi connectivity index (χ2n) is 4.13.